The average Bonchev–Trinajstić information content (AvgIpc) is 2.04. The third-order valence-electron chi connectivity index (χ3n) is 1.98. The molecule has 1 rings (SSSR count). The van der Waals surface area contributed by atoms with Crippen molar-refractivity contribution in [1.82, 2.24) is 0 Å². The molecule has 0 spiro atoms. The Morgan fingerprint density at radius 2 is 2.54 bits per heavy atom. The van der Waals surface area contributed by atoms with Crippen LogP contribution in [0.3, 0.4) is 0 Å². The number of carbonyl (C=O) groups excluding carboxylic acids is 1. The molecule has 4 heteroatoms. The van der Waals surface area contributed by atoms with E-state index < -0.39 is 11.7 Å². The van der Waals surface area contributed by atoms with Gasteiger partial charge in [0.15, 0.2) is 0 Å². The van der Waals surface area contributed by atoms with E-state index in [9.17, 15) is 4.79 Å². The minimum Gasteiger partial charge on any atom is -0.458 e. The molecule has 1 aliphatic heterocycles. The van der Waals surface area contributed by atoms with E-state index in [1.54, 1.807) is 6.92 Å². The van der Waals surface area contributed by atoms with Crippen molar-refractivity contribution in [2.75, 3.05) is 6.61 Å². The Morgan fingerprint density at radius 3 is 3.00 bits per heavy atom. The number of allylic oxidation sites excluding steroid dienone is 2. The van der Waals surface area contributed by atoms with Gasteiger partial charge in [-0.05, 0) is 26.3 Å². The van der Waals surface area contributed by atoms with Gasteiger partial charge in [-0.1, -0.05) is 0 Å². The number of hydrogen-bond acceptors (Lipinski definition) is 3. The number of nitrogens with two attached hydrogens (primary N) is 1. The number of rotatable bonds is 3. The van der Waals surface area contributed by atoms with Crippen LogP contribution in [0.1, 0.15) is 26.7 Å². The van der Waals surface area contributed by atoms with Gasteiger partial charge in [0.25, 0.3) is 11.7 Å². The first-order valence-electron chi connectivity index (χ1n) is 4.40. The highest BCUT2D eigenvalue weighted by molar-refractivity contribution is 5.82. The molecule has 1 atom stereocenters. The third kappa shape index (κ3) is 2.01. The van der Waals surface area contributed by atoms with Gasteiger partial charge in [-0.15, -0.1) is 0 Å². The molecule has 0 saturated carbocycles. The van der Waals surface area contributed by atoms with Crippen LogP contribution >= 0.6 is 0 Å². The normalized spacial score (nSPS) is 27.7. The molecular formula is C9H15NO3. The van der Waals surface area contributed by atoms with Crippen molar-refractivity contribution in [2.45, 2.75) is 32.5 Å². The molecule has 1 amide bonds. The lowest BCUT2D eigenvalue weighted by atomic mass is 10.1. The Bertz CT molecular complexity index is 237. The summed E-state index contributed by atoms with van der Waals surface area (Å²) < 4.78 is 10.6. The zero-order valence-corrected chi connectivity index (χ0v) is 8.00. The van der Waals surface area contributed by atoms with Crippen molar-refractivity contribution in [3.63, 3.8) is 0 Å². The van der Waals surface area contributed by atoms with E-state index in [0.29, 0.717) is 18.8 Å². The van der Waals surface area contributed by atoms with Gasteiger partial charge in [0.2, 0.25) is 0 Å². The summed E-state index contributed by atoms with van der Waals surface area (Å²) in [6, 6.07) is 0. The zero-order valence-electron chi connectivity index (χ0n) is 8.00. The Labute approximate surface area is 77.7 Å². The minimum atomic E-state index is -1.23. The van der Waals surface area contributed by atoms with Crippen LogP contribution in [-0.4, -0.2) is 18.3 Å². The molecule has 13 heavy (non-hydrogen) atoms. The molecule has 74 valence electrons. The number of hydrogen-bond donors (Lipinski definition) is 1. The second-order valence-electron chi connectivity index (χ2n) is 3.01. The smallest absolute Gasteiger partial charge is 0.290 e. The number of carbonyl (C=O) groups is 1. The van der Waals surface area contributed by atoms with Gasteiger partial charge >= 0.3 is 0 Å². The second-order valence-corrected chi connectivity index (χ2v) is 3.01. The molecule has 1 aliphatic rings. The predicted octanol–water partition coefficient (Wildman–Crippen LogP) is 0.919. The molecule has 0 aromatic heterocycles. The van der Waals surface area contributed by atoms with Crippen molar-refractivity contribution in [2.24, 2.45) is 5.73 Å². The van der Waals surface area contributed by atoms with Gasteiger partial charge in [0.05, 0.1) is 5.76 Å². The summed E-state index contributed by atoms with van der Waals surface area (Å²) in [7, 11) is 0. The Kier molecular flexibility index (Phi) is 2.93. The quantitative estimate of drug-likeness (QED) is 0.711. The fraction of sp³-hybridized carbons (Fsp3) is 0.667. The van der Waals surface area contributed by atoms with Crippen molar-refractivity contribution in [3.05, 3.63) is 11.8 Å². The van der Waals surface area contributed by atoms with E-state index in [4.69, 9.17) is 15.2 Å². The van der Waals surface area contributed by atoms with Gasteiger partial charge in [0, 0.05) is 13.0 Å². The lowest BCUT2D eigenvalue weighted by molar-refractivity contribution is -0.217. The van der Waals surface area contributed by atoms with Gasteiger partial charge in [-0.25, -0.2) is 0 Å². The van der Waals surface area contributed by atoms with Crippen molar-refractivity contribution < 1.29 is 14.3 Å². The molecule has 0 aliphatic carbocycles. The minimum absolute atomic E-state index is 0.413. The molecule has 4 nitrogen and oxygen atoms in total. The van der Waals surface area contributed by atoms with Gasteiger partial charge in [0.1, 0.15) is 0 Å². The highest BCUT2D eigenvalue weighted by Gasteiger charge is 2.41. The van der Waals surface area contributed by atoms with E-state index in [1.807, 2.05) is 13.0 Å². The van der Waals surface area contributed by atoms with Gasteiger partial charge in [-0.2, -0.15) is 0 Å². The van der Waals surface area contributed by atoms with Crippen molar-refractivity contribution >= 4 is 5.91 Å². The SMILES string of the molecule is CCOC1(C(N)=O)CCC=C(C)O1. The van der Waals surface area contributed by atoms with Crippen molar-refractivity contribution in [3.8, 4) is 0 Å². The summed E-state index contributed by atoms with van der Waals surface area (Å²) in [5, 5.41) is 0. The average molecular weight is 185 g/mol. The van der Waals surface area contributed by atoms with E-state index in [0.717, 1.165) is 6.42 Å². The van der Waals surface area contributed by atoms with Crippen LogP contribution in [0.4, 0.5) is 0 Å². The Morgan fingerprint density at radius 1 is 1.85 bits per heavy atom. The van der Waals surface area contributed by atoms with Gasteiger partial charge in [-0.3, -0.25) is 4.79 Å². The monoisotopic (exact) mass is 185 g/mol. The number of ether oxygens (including phenoxy) is 2. The maximum atomic E-state index is 11.2. The molecule has 0 saturated heterocycles. The van der Waals surface area contributed by atoms with Crippen LogP contribution in [-0.2, 0) is 14.3 Å². The summed E-state index contributed by atoms with van der Waals surface area (Å²) in [5.74, 6) is -1.09. The van der Waals surface area contributed by atoms with E-state index in [-0.39, 0.29) is 0 Å². The van der Waals surface area contributed by atoms with E-state index in [1.165, 1.54) is 0 Å². The molecule has 0 bridgehead atoms. The maximum Gasteiger partial charge on any atom is 0.290 e. The second kappa shape index (κ2) is 3.79. The Balaban J connectivity index is 2.80. The third-order valence-corrected chi connectivity index (χ3v) is 1.98. The topological polar surface area (TPSA) is 61.5 Å². The molecule has 1 unspecified atom stereocenters. The highest BCUT2D eigenvalue weighted by atomic mass is 16.7. The van der Waals surface area contributed by atoms with Crippen LogP contribution in [0.5, 0.6) is 0 Å². The number of primary amides is 1. The summed E-state index contributed by atoms with van der Waals surface area (Å²) in [4.78, 5) is 11.2. The standard InChI is InChI=1S/C9H15NO3/c1-3-12-9(8(10)11)6-4-5-7(2)13-9/h5H,3-4,6H2,1-2H3,(H2,10,11). The molecule has 0 radical (unpaired) electrons. The molecule has 1 heterocycles. The molecule has 0 aromatic carbocycles. The van der Waals surface area contributed by atoms with Crippen LogP contribution in [0.25, 0.3) is 0 Å². The first-order chi connectivity index (χ1) is 6.10. The molecular weight excluding hydrogens is 170 g/mol. The van der Waals surface area contributed by atoms with Crippen LogP contribution in [0.15, 0.2) is 11.8 Å². The fourth-order valence-electron chi connectivity index (χ4n) is 1.40. The first-order valence-corrected chi connectivity index (χ1v) is 4.40. The van der Waals surface area contributed by atoms with Crippen LogP contribution < -0.4 is 5.73 Å². The van der Waals surface area contributed by atoms with Crippen LogP contribution in [0, 0.1) is 0 Å². The van der Waals surface area contributed by atoms with Crippen molar-refractivity contribution in [1.29, 1.82) is 0 Å². The maximum absolute atomic E-state index is 11.2. The van der Waals surface area contributed by atoms with E-state index >= 15 is 0 Å². The largest absolute Gasteiger partial charge is 0.458 e. The predicted molar refractivity (Wildman–Crippen MR) is 47.6 cm³/mol. The summed E-state index contributed by atoms with van der Waals surface area (Å²) in [6.07, 6.45) is 3.17. The van der Waals surface area contributed by atoms with E-state index in [2.05, 4.69) is 0 Å². The first kappa shape index (κ1) is 10.1. The molecule has 0 fully saturated rings. The number of amides is 1. The summed E-state index contributed by atoms with van der Waals surface area (Å²) in [6.45, 7) is 4.01. The fourth-order valence-corrected chi connectivity index (χ4v) is 1.40. The lowest BCUT2D eigenvalue weighted by Crippen LogP contribution is -2.49. The lowest BCUT2D eigenvalue weighted by Gasteiger charge is -2.33. The van der Waals surface area contributed by atoms with Gasteiger partial charge < -0.3 is 15.2 Å². The highest BCUT2D eigenvalue weighted by Crippen LogP contribution is 2.28. The summed E-state index contributed by atoms with van der Waals surface area (Å²) in [5.41, 5.74) is 5.23. The zero-order chi connectivity index (χ0) is 9.90. The summed E-state index contributed by atoms with van der Waals surface area (Å²) >= 11 is 0. The Hall–Kier alpha value is -1.03. The molecule has 2 N–H and O–H groups in total. The molecule has 0 aromatic rings. The van der Waals surface area contributed by atoms with Crippen LogP contribution in [0.2, 0.25) is 0 Å².